The molecule has 1 aromatic rings. The van der Waals surface area contributed by atoms with Crippen molar-refractivity contribution < 1.29 is 4.74 Å². The molecule has 0 bridgehead atoms. The van der Waals surface area contributed by atoms with Crippen LogP contribution >= 0.6 is 0 Å². The Kier molecular flexibility index (Phi) is 6.43. The molecule has 0 fully saturated rings. The van der Waals surface area contributed by atoms with E-state index in [0.717, 1.165) is 31.7 Å². The molecular weight excluding hydrogens is 228 g/mol. The molecule has 2 N–H and O–H groups in total. The first kappa shape index (κ1) is 14.7. The van der Waals surface area contributed by atoms with Gasteiger partial charge in [0.2, 0.25) is 5.88 Å². The highest BCUT2D eigenvalue weighted by molar-refractivity contribution is 5.37. The molecule has 0 unspecified atom stereocenters. The molecule has 1 heterocycles. The number of unbranched alkanes of at least 4 members (excludes halogenated alkanes) is 1. The molecule has 0 aliphatic heterocycles. The van der Waals surface area contributed by atoms with E-state index in [1.807, 2.05) is 13.8 Å². The third-order valence-electron chi connectivity index (χ3n) is 2.46. The predicted molar refractivity (Wildman–Crippen MR) is 74.0 cm³/mol. The summed E-state index contributed by atoms with van der Waals surface area (Å²) in [5.74, 6) is 1.41. The second-order valence-electron chi connectivity index (χ2n) is 4.51. The Hall–Kier alpha value is -1.36. The van der Waals surface area contributed by atoms with E-state index in [2.05, 4.69) is 21.8 Å². The highest BCUT2D eigenvalue weighted by atomic mass is 16.5. The summed E-state index contributed by atoms with van der Waals surface area (Å²) >= 11 is 0. The van der Waals surface area contributed by atoms with E-state index in [1.54, 1.807) is 12.4 Å². The van der Waals surface area contributed by atoms with Crippen molar-refractivity contribution in [3.63, 3.8) is 0 Å². The maximum Gasteiger partial charge on any atom is 0.234 e. The third kappa shape index (κ3) is 4.87. The minimum Gasteiger partial charge on any atom is -0.474 e. The second-order valence-corrected chi connectivity index (χ2v) is 4.51. The Balaban J connectivity index is 2.76. The molecule has 0 aliphatic carbocycles. The molecule has 18 heavy (non-hydrogen) atoms. The van der Waals surface area contributed by atoms with Crippen molar-refractivity contribution in [2.24, 2.45) is 5.73 Å². The highest BCUT2D eigenvalue weighted by Crippen LogP contribution is 2.15. The first-order chi connectivity index (χ1) is 8.67. The zero-order valence-electron chi connectivity index (χ0n) is 11.6. The molecule has 1 aromatic heterocycles. The summed E-state index contributed by atoms with van der Waals surface area (Å²) in [6.45, 7) is 8.48. The lowest BCUT2D eigenvalue weighted by Crippen LogP contribution is -2.31. The van der Waals surface area contributed by atoms with Gasteiger partial charge < -0.3 is 15.4 Å². The quantitative estimate of drug-likeness (QED) is 0.764. The molecule has 0 aliphatic rings. The van der Waals surface area contributed by atoms with Gasteiger partial charge in [-0.05, 0) is 20.3 Å². The Bertz CT molecular complexity index is 344. The van der Waals surface area contributed by atoms with Crippen LogP contribution in [0.15, 0.2) is 12.4 Å². The van der Waals surface area contributed by atoms with E-state index in [0.29, 0.717) is 12.4 Å². The van der Waals surface area contributed by atoms with Crippen LogP contribution in [0.1, 0.15) is 33.6 Å². The number of aromatic nitrogens is 2. The molecule has 0 aromatic carbocycles. The van der Waals surface area contributed by atoms with Gasteiger partial charge in [-0.25, -0.2) is 0 Å². The van der Waals surface area contributed by atoms with Gasteiger partial charge >= 0.3 is 0 Å². The van der Waals surface area contributed by atoms with Crippen LogP contribution in [0.3, 0.4) is 0 Å². The molecular formula is C13H24N4O. The minimum absolute atomic E-state index is 0.105. The van der Waals surface area contributed by atoms with Crippen LogP contribution in [0.25, 0.3) is 0 Å². The van der Waals surface area contributed by atoms with Crippen molar-refractivity contribution in [3.05, 3.63) is 12.4 Å². The fourth-order valence-electron chi connectivity index (χ4n) is 1.63. The number of ether oxygens (including phenoxy) is 1. The largest absolute Gasteiger partial charge is 0.474 e. The maximum atomic E-state index is 5.64. The molecule has 0 amide bonds. The Morgan fingerprint density at radius 3 is 2.72 bits per heavy atom. The van der Waals surface area contributed by atoms with Crippen LogP contribution in [0, 0.1) is 0 Å². The highest BCUT2D eigenvalue weighted by Gasteiger charge is 2.09. The average Bonchev–Trinajstić information content (AvgIpc) is 2.34. The molecule has 5 nitrogen and oxygen atoms in total. The number of nitrogens with zero attached hydrogens (tertiary/aromatic N) is 3. The monoisotopic (exact) mass is 252 g/mol. The predicted octanol–water partition coefficient (Wildman–Crippen LogP) is 1.83. The first-order valence-corrected chi connectivity index (χ1v) is 6.61. The SMILES string of the molecule is CCCCN(CCN)c1cncc(OC(C)C)n1. The lowest BCUT2D eigenvalue weighted by molar-refractivity contribution is 0.231. The second kappa shape index (κ2) is 7.87. The van der Waals surface area contributed by atoms with Crippen LogP contribution in [0.2, 0.25) is 0 Å². The smallest absolute Gasteiger partial charge is 0.234 e. The molecule has 102 valence electrons. The fourth-order valence-corrected chi connectivity index (χ4v) is 1.63. The van der Waals surface area contributed by atoms with Gasteiger partial charge in [0.15, 0.2) is 5.82 Å². The summed E-state index contributed by atoms with van der Waals surface area (Å²) in [5, 5.41) is 0. The van der Waals surface area contributed by atoms with E-state index in [1.165, 1.54) is 0 Å². The lowest BCUT2D eigenvalue weighted by atomic mass is 10.3. The van der Waals surface area contributed by atoms with E-state index in [9.17, 15) is 0 Å². The van der Waals surface area contributed by atoms with Gasteiger partial charge in [-0.1, -0.05) is 13.3 Å². The van der Waals surface area contributed by atoms with Crippen molar-refractivity contribution in [3.8, 4) is 5.88 Å². The number of nitrogens with two attached hydrogens (primary N) is 1. The average molecular weight is 252 g/mol. The first-order valence-electron chi connectivity index (χ1n) is 6.61. The van der Waals surface area contributed by atoms with Crippen LogP contribution < -0.4 is 15.4 Å². The van der Waals surface area contributed by atoms with Crippen molar-refractivity contribution in [2.45, 2.75) is 39.7 Å². The van der Waals surface area contributed by atoms with E-state index in [-0.39, 0.29) is 6.10 Å². The van der Waals surface area contributed by atoms with E-state index < -0.39 is 0 Å². The third-order valence-corrected chi connectivity index (χ3v) is 2.46. The van der Waals surface area contributed by atoms with Gasteiger partial charge in [0.05, 0.1) is 18.5 Å². The number of anilines is 1. The molecule has 0 spiro atoms. The van der Waals surface area contributed by atoms with Crippen LogP contribution in [-0.2, 0) is 0 Å². The van der Waals surface area contributed by atoms with Gasteiger partial charge in [-0.3, -0.25) is 4.98 Å². The maximum absolute atomic E-state index is 5.64. The summed E-state index contributed by atoms with van der Waals surface area (Å²) in [4.78, 5) is 10.8. The minimum atomic E-state index is 0.105. The van der Waals surface area contributed by atoms with E-state index >= 15 is 0 Å². The van der Waals surface area contributed by atoms with Crippen LogP contribution in [0.5, 0.6) is 5.88 Å². The molecule has 0 radical (unpaired) electrons. The molecule has 5 heteroatoms. The van der Waals surface area contributed by atoms with Gasteiger partial charge in [-0.15, -0.1) is 0 Å². The number of hydrogen-bond acceptors (Lipinski definition) is 5. The molecule has 0 atom stereocenters. The normalized spacial score (nSPS) is 10.7. The number of hydrogen-bond donors (Lipinski definition) is 1. The van der Waals surface area contributed by atoms with E-state index in [4.69, 9.17) is 10.5 Å². The van der Waals surface area contributed by atoms with Crippen LogP contribution in [0.4, 0.5) is 5.82 Å². The van der Waals surface area contributed by atoms with Gasteiger partial charge in [-0.2, -0.15) is 4.98 Å². The Labute approximate surface area is 109 Å². The zero-order chi connectivity index (χ0) is 13.4. The summed E-state index contributed by atoms with van der Waals surface area (Å²) in [6.07, 6.45) is 5.78. The van der Waals surface area contributed by atoms with Gasteiger partial charge in [0.25, 0.3) is 0 Å². The van der Waals surface area contributed by atoms with Crippen molar-refractivity contribution in [1.29, 1.82) is 0 Å². The standard InChI is InChI=1S/C13H24N4O/c1-4-5-7-17(8-6-14)12-9-15-10-13(16-12)18-11(2)3/h9-11H,4-8,14H2,1-3H3. The Morgan fingerprint density at radius 1 is 1.33 bits per heavy atom. The Morgan fingerprint density at radius 2 is 2.11 bits per heavy atom. The summed E-state index contributed by atoms with van der Waals surface area (Å²) in [7, 11) is 0. The summed E-state index contributed by atoms with van der Waals surface area (Å²) < 4.78 is 5.56. The molecule has 0 saturated heterocycles. The summed E-state index contributed by atoms with van der Waals surface area (Å²) in [5.41, 5.74) is 5.64. The fraction of sp³-hybridized carbons (Fsp3) is 0.692. The number of rotatable bonds is 8. The van der Waals surface area contributed by atoms with Crippen molar-refractivity contribution in [2.75, 3.05) is 24.5 Å². The summed E-state index contributed by atoms with van der Waals surface area (Å²) in [6, 6.07) is 0. The van der Waals surface area contributed by atoms with Crippen LogP contribution in [-0.4, -0.2) is 35.7 Å². The topological polar surface area (TPSA) is 64.3 Å². The lowest BCUT2D eigenvalue weighted by Gasteiger charge is -2.23. The van der Waals surface area contributed by atoms with Crippen molar-refractivity contribution >= 4 is 5.82 Å². The van der Waals surface area contributed by atoms with Gasteiger partial charge in [0, 0.05) is 19.6 Å². The molecule has 0 saturated carbocycles. The molecule has 1 rings (SSSR count). The van der Waals surface area contributed by atoms with Crippen molar-refractivity contribution in [1.82, 2.24) is 9.97 Å². The van der Waals surface area contributed by atoms with Gasteiger partial charge in [0.1, 0.15) is 0 Å². The zero-order valence-corrected chi connectivity index (χ0v) is 11.6.